The third-order valence-corrected chi connectivity index (χ3v) is 3.41. The largest absolute Gasteiger partial charge is 0.481 e. The Hall–Kier alpha value is -2.28. The minimum Gasteiger partial charge on any atom is -0.481 e. The van der Waals surface area contributed by atoms with E-state index in [4.69, 9.17) is 5.73 Å². The molecule has 7 heteroatoms. The van der Waals surface area contributed by atoms with Gasteiger partial charge in [-0.2, -0.15) is 5.10 Å². The van der Waals surface area contributed by atoms with Gasteiger partial charge in [-0.1, -0.05) is 18.2 Å². The molecule has 0 amide bonds. The number of aryl methyl sites for hydroxylation is 1. The van der Waals surface area contributed by atoms with Crippen molar-refractivity contribution in [2.24, 2.45) is 12.8 Å². The molecule has 0 aliphatic heterocycles. The predicted octanol–water partition coefficient (Wildman–Crippen LogP) is 0.478. The van der Waals surface area contributed by atoms with E-state index < -0.39 is 17.2 Å². The van der Waals surface area contributed by atoms with E-state index in [1.165, 1.54) is 29.2 Å². The minimum atomic E-state index is -1.56. The predicted molar refractivity (Wildman–Crippen MR) is 69.5 cm³/mol. The summed E-state index contributed by atoms with van der Waals surface area (Å²) in [4.78, 5) is 15.7. The van der Waals surface area contributed by atoms with Gasteiger partial charge in [0.2, 0.25) is 0 Å². The van der Waals surface area contributed by atoms with Crippen LogP contribution in [-0.4, -0.2) is 32.4 Å². The minimum absolute atomic E-state index is 0.0315. The molecule has 2 rings (SSSR count). The summed E-state index contributed by atoms with van der Waals surface area (Å²) in [5.41, 5.74) is 4.16. The molecule has 0 saturated heterocycles. The lowest BCUT2D eigenvalue weighted by atomic mass is 9.77. The number of carbonyl (C=O) groups is 1. The summed E-state index contributed by atoms with van der Waals surface area (Å²) in [7, 11) is 1.65. The molecule has 0 aliphatic carbocycles. The maximum absolute atomic E-state index is 14.0. The van der Waals surface area contributed by atoms with Crippen LogP contribution in [-0.2, 0) is 23.7 Å². The van der Waals surface area contributed by atoms with E-state index in [1.807, 2.05) is 0 Å². The number of benzene rings is 1. The number of nitrogens with two attached hydrogens (primary N) is 1. The number of carboxylic acids is 1. The molecule has 1 unspecified atom stereocenters. The molecular weight excluding hydrogens is 263 g/mol. The van der Waals surface area contributed by atoms with E-state index >= 15 is 0 Å². The van der Waals surface area contributed by atoms with Crippen LogP contribution in [0.1, 0.15) is 11.4 Å². The normalized spacial score (nSPS) is 13.9. The van der Waals surface area contributed by atoms with Crippen LogP contribution in [0.15, 0.2) is 30.6 Å². The van der Waals surface area contributed by atoms with Gasteiger partial charge in [-0.25, -0.2) is 9.37 Å². The van der Waals surface area contributed by atoms with Crippen molar-refractivity contribution < 1.29 is 14.3 Å². The van der Waals surface area contributed by atoms with Gasteiger partial charge in [0, 0.05) is 25.6 Å². The quantitative estimate of drug-likeness (QED) is 0.829. The van der Waals surface area contributed by atoms with Crippen molar-refractivity contribution in [2.75, 3.05) is 6.54 Å². The molecule has 3 N–H and O–H groups in total. The Morgan fingerprint density at radius 2 is 2.20 bits per heavy atom. The molecule has 1 aromatic carbocycles. The maximum Gasteiger partial charge on any atom is 0.316 e. The van der Waals surface area contributed by atoms with Gasteiger partial charge in [0.25, 0.3) is 0 Å². The second kappa shape index (κ2) is 5.38. The first-order chi connectivity index (χ1) is 9.51. The van der Waals surface area contributed by atoms with Crippen molar-refractivity contribution in [1.82, 2.24) is 14.8 Å². The number of nitrogens with zero attached hydrogens (tertiary/aromatic N) is 3. The summed E-state index contributed by atoms with van der Waals surface area (Å²) in [5, 5.41) is 13.5. The Balaban J connectivity index is 2.54. The van der Waals surface area contributed by atoms with Gasteiger partial charge in [-0.15, -0.1) is 0 Å². The number of aromatic nitrogens is 3. The Kier molecular flexibility index (Phi) is 3.80. The van der Waals surface area contributed by atoms with Crippen molar-refractivity contribution in [3.05, 3.63) is 47.8 Å². The molecule has 1 atom stereocenters. The van der Waals surface area contributed by atoms with E-state index in [0.29, 0.717) is 5.82 Å². The molecule has 0 radical (unpaired) electrons. The van der Waals surface area contributed by atoms with E-state index in [2.05, 4.69) is 10.1 Å². The number of halogens is 1. The van der Waals surface area contributed by atoms with E-state index in [9.17, 15) is 14.3 Å². The lowest BCUT2D eigenvalue weighted by molar-refractivity contribution is -0.143. The molecule has 106 valence electrons. The first-order valence-electron chi connectivity index (χ1n) is 6.02. The SMILES string of the molecule is Cn1ncnc1CC(CN)(C(=O)O)c1ccccc1F. The smallest absolute Gasteiger partial charge is 0.316 e. The average molecular weight is 278 g/mol. The Labute approximate surface area is 115 Å². The van der Waals surface area contributed by atoms with Crippen LogP contribution in [0.25, 0.3) is 0 Å². The third kappa shape index (κ3) is 2.27. The van der Waals surface area contributed by atoms with Crippen molar-refractivity contribution in [3.63, 3.8) is 0 Å². The highest BCUT2D eigenvalue weighted by Crippen LogP contribution is 2.29. The molecule has 1 heterocycles. The van der Waals surface area contributed by atoms with Crippen LogP contribution in [0, 0.1) is 5.82 Å². The molecule has 0 spiro atoms. The third-order valence-electron chi connectivity index (χ3n) is 3.41. The number of aliphatic carboxylic acids is 1. The Morgan fingerprint density at radius 3 is 2.70 bits per heavy atom. The Bertz CT molecular complexity index is 628. The highest BCUT2D eigenvalue weighted by molar-refractivity contribution is 5.82. The molecule has 0 aliphatic rings. The van der Waals surface area contributed by atoms with Crippen LogP contribution >= 0.6 is 0 Å². The van der Waals surface area contributed by atoms with E-state index in [0.717, 1.165) is 0 Å². The van der Waals surface area contributed by atoms with Gasteiger partial charge in [-0.3, -0.25) is 9.48 Å². The summed E-state index contributed by atoms with van der Waals surface area (Å²) in [6, 6.07) is 5.75. The zero-order chi connectivity index (χ0) is 14.8. The van der Waals surface area contributed by atoms with E-state index in [-0.39, 0.29) is 18.5 Å². The van der Waals surface area contributed by atoms with Crippen molar-refractivity contribution in [3.8, 4) is 0 Å². The fourth-order valence-corrected chi connectivity index (χ4v) is 2.15. The lowest BCUT2D eigenvalue weighted by Crippen LogP contribution is -2.46. The van der Waals surface area contributed by atoms with E-state index in [1.54, 1.807) is 13.1 Å². The van der Waals surface area contributed by atoms with Crippen molar-refractivity contribution >= 4 is 5.97 Å². The lowest BCUT2D eigenvalue weighted by Gasteiger charge is -2.28. The van der Waals surface area contributed by atoms with Crippen LogP contribution in [0.5, 0.6) is 0 Å². The molecule has 2 aromatic rings. The number of hydrogen-bond donors (Lipinski definition) is 2. The number of hydrogen-bond acceptors (Lipinski definition) is 4. The molecule has 6 nitrogen and oxygen atoms in total. The summed E-state index contributed by atoms with van der Waals surface area (Å²) in [5.74, 6) is -1.35. The standard InChI is InChI=1S/C13H15FN4O2/c1-18-11(16-8-17-18)6-13(7-15,12(19)20)9-4-2-3-5-10(9)14/h2-5,8H,6-7,15H2,1H3,(H,19,20). The van der Waals surface area contributed by atoms with Crippen molar-refractivity contribution in [2.45, 2.75) is 11.8 Å². The summed E-state index contributed by atoms with van der Waals surface area (Å²) < 4.78 is 15.5. The fourth-order valence-electron chi connectivity index (χ4n) is 2.15. The van der Waals surface area contributed by atoms with Gasteiger partial charge in [0.05, 0.1) is 0 Å². The molecule has 0 saturated carbocycles. The average Bonchev–Trinajstić information content (AvgIpc) is 2.82. The van der Waals surface area contributed by atoms with Gasteiger partial charge < -0.3 is 10.8 Å². The van der Waals surface area contributed by atoms with Crippen LogP contribution in [0.4, 0.5) is 4.39 Å². The second-order valence-electron chi connectivity index (χ2n) is 4.55. The van der Waals surface area contributed by atoms with Crippen LogP contribution in [0.2, 0.25) is 0 Å². The monoisotopic (exact) mass is 278 g/mol. The molecular formula is C13H15FN4O2. The van der Waals surface area contributed by atoms with Gasteiger partial charge in [0.15, 0.2) is 0 Å². The summed E-state index contributed by atoms with van der Waals surface area (Å²) in [6.45, 7) is -0.240. The highest BCUT2D eigenvalue weighted by Gasteiger charge is 2.42. The highest BCUT2D eigenvalue weighted by atomic mass is 19.1. The topological polar surface area (TPSA) is 94.0 Å². The van der Waals surface area contributed by atoms with Gasteiger partial charge >= 0.3 is 5.97 Å². The molecule has 1 aromatic heterocycles. The zero-order valence-corrected chi connectivity index (χ0v) is 11.0. The van der Waals surface area contributed by atoms with Gasteiger partial charge in [0.1, 0.15) is 23.4 Å². The number of rotatable bonds is 5. The summed E-state index contributed by atoms with van der Waals surface area (Å²) >= 11 is 0. The zero-order valence-electron chi connectivity index (χ0n) is 11.0. The maximum atomic E-state index is 14.0. The first-order valence-corrected chi connectivity index (χ1v) is 6.02. The van der Waals surface area contributed by atoms with Crippen LogP contribution < -0.4 is 5.73 Å². The summed E-state index contributed by atoms with van der Waals surface area (Å²) in [6.07, 6.45) is 1.29. The molecule has 20 heavy (non-hydrogen) atoms. The fraction of sp³-hybridized carbons (Fsp3) is 0.308. The molecule has 0 fully saturated rings. The Morgan fingerprint density at radius 1 is 1.50 bits per heavy atom. The first kappa shape index (κ1) is 14.1. The number of carboxylic acid groups (broad SMARTS) is 1. The van der Waals surface area contributed by atoms with Crippen molar-refractivity contribution in [1.29, 1.82) is 0 Å². The second-order valence-corrected chi connectivity index (χ2v) is 4.55. The van der Waals surface area contributed by atoms with Gasteiger partial charge in [-0.05, 0) is 6.07 Å². The van der Waals surface area contributed by atoms with Crippen LogP contribution in [0.3, 0.4) is 0 Å². The molecule has 0 bridgehead atoms.